The summed E-state index contributed by atoms with van der Waals surface area (Å²) in [6, 6.07) is 10.0. The Hall–Kier alpha value is -2.51. The molecule has 0 radical (unpaired) electrons. The fourth-order valence-corrected chi connectivity index (χ4v) is 3.92. The van der Waals surface area contributed by atoms with Gasteiger partial charge >= 0.3 is 5.97 Å². The van der Waals surface area contributed by atoms with Gasteiger partial charge in [-0.25, -0.2) is 4.98 Å². The predicted molar refractivity (Wildman–Crippen MR) is 105 cm³/mol. The Bertz CT molecular complexity index is 913. The number of anilines is 1. The summed E-state index contributed by atoms with van der Waals surface area (Å²) in [6.45, 7) is 4.13. The van der Waals surface area contributed by atoms with E-state index in [1.807, 2.05) is 42.6 Å². The lowest BCUT2D eigenvalue weighted by Crippen LogP contribution is -2.12. The van der Waals surface area contributed by atoms with Crippen molar-refractivity contribution < 1.29 is 14.3 Å². The molecule has 0 saturated heterocycles. The molecule has 5 nitrogen and oxygen atoms in total. The Morgan fingerprint density at radius 2 is 1.92 bits per heavy atom. The van der Waals surface area contributed by atoms with Gasteiger partial charge in [0.2, 0.25) is 0 Å². The third-order valence-electron chi connectivity index (χ3n) is 3.64. The Kier molecular flexibility index (Phi) is 5.80. The summed E-state index contributed by atoms with van der Waals surface area (Å²) >= 11 is 2.68. The van der Waals surface area contributed by atoms with Crippen molar-refractivity contribution in [3.8, 4) is 11.1 Å². The summed E-state index contributed by atoms with van der Waals surface area (Å²) in [5.41, 5.74) is 3.67. The molecule has 1 amide bonds. The van der Waals surface area contributed by atoms with E-state index in [1.54, 1.807) is 12.3 Å². The van der Waals surface area contributed by atoms with Crippen molar-refractivity contribution in [2.24, 2.45) is 0 Å². The number of carbonyl (C=O) groups excluding carboxylic acids is 2. The van der Waals surface area contributed by atoms with Gasteiger partial charge in [-0.3, -0.25) is 14.9 Å². The molecular formula is C19H18N2O3S2. The molecule has 134 valence electrons. The number of thiophene rings is 1. The molecule has 0 spiro atoms. The molecule has 0 aliphatic heterocycles. The number of nitrogens with zero attached hydrogens (tertiary/aromatic N) is 1. The van der Waals surface area contributed by atoms with E-state index in [1.165, 1.54) is 28.2 Å². The van der Waals surface area contributed by atoms with Crippen LogP contribution >= 0.6 is 22.7 Å². The summed E-state index contributed by atoms with van der Waals surface area (Å²) in [5.74, 6) is -0.525. The average molecular weight is 386 g/mol. The molecular weight excluding hydrogens is 368 g/mol. The average Bonchev–Trinajstić information content (AvgIpc) is 3.25. The highest BCUT2D eigenvalue weighted by molar-refractivity contribution is 7.14. The van der Waals surface area contributed by atoms with Gasteiger partial charge in [0.05, 0.1) is 18.7 Å². The van der Waals surface area contributed by atoms with Crippen LogP contribution in [0.2, 0.25) is 0 Å². The van der Waals surface area contributed by atoms with E-state index in [4.69, 9.17) is 4.74 Å². The van der Waals surface area contributed by atoms with Crippen molar-refractivity contribution in [1.82, 2.24) is 4.98 Å². The number of rotatable bonds is 6. The van der Waals surface area contributed by atoms with Crippen LogP contribution in [0.3, 0.4) is 0 Å². The van der Waals surface area contributed by atoms with Gasteiger partial charge < -0.3 is 4.74 Å². The first kappa shape index (κ1) is 18.3. The van der Waals surface area contributed by atoms with Crippen molar-refractivity contribution in [3.63, 3.8) is 0 Å². The Morgan fingerprint density at radius 3 is 2.65 bits per heavy atom. The topological polar surface area (TPSA) is 68.3 Å². The number of thiazole rings is 1. The highest BCUT2D eigenvalue weighted by Crippen LogP contribution is 2.29. The normalized spacial score (nSPS) is 10.5. The maximum atomic E-state index is 12.6. The standard InChI is InChI=1S/C19H18N2O3S2/c1-3-24-16(22)10-14-11-26-19(20-14)21-18(23)17-15(8-9-25-17)13-6-4-12(2)5-7-13/h4-9,11H,3,10H2,1-2H3,(H,20,21,23). The molecule has 3 rings (SSSR count). The summed E-state index contributed by atoms with van der Waals surface area (Å²) in [4.78, 5) is 29.1. The lowest BCUT2D eigenvalue weighted by atomic mass is 10.0. The van der Waals surface area contributed by atoms with Crippen LogP contribution in [0.1, 0.15) is 27.9 Å². The molecule has 2 aromatic heterocycles. The van der Waals surface area contributed by atoms with E-state index in [-0.39, 0.29) is 18.3 Å². The van der Waals surface area contributed by atoms with Crippen LogP contribution in [-0.2, 0) is 16.0 Å². The lowest BCUT2D eigenvalue weighted by Gasteiger charge is -2.05. The van der Waals surface area contributed by atoms with Gasteiger partial charge in [0.1, 0.15) is 4.88 Å². The zero-order chi connectivity index (χ0) is 18.5. The van der Waals surface area contributed by atoms with Crippen molar-refractivity contribution in [3.05, 3.63) is 57.2 Å². The molecule has 3 aromatic rings. The fourth-order valence-electron chi connectivity index (χ4n) is 2.40. The van der Waals surface area contributed by atoms with E-state index in [0.29, 0.717) is 22.3 Å². The second-order valence-electron chi connectivity index (χ2n) is 5.61. The fraction of sp³-hybridized carbons (Fsp3) is 0.211. The van der Waals surface area contributed by atoms with E-state index < -0.39 is 0 Å². The number of ether oxygens (including phenoxy) is 1. The largest absolute Gasteiger partial charge is 0.466 e. The Labute approximate surface area is 159 Å². The number of aromatic nitrogens is 1. The number of carbonyl (C=O) groups is 2. The number of benzene rings is 1. The first-order valence-electron chi connectivity index (χ1n) is 8.12. The van der Waals surface area contributed by atoms with E-state index in [9.17, 15) is 9.59 Å². The summed E-state index contributed by atoms with van der Waals surface area (Å²) in [6.07, 6.45) is 0.105. The monoisotopic (exact) mass is 386 g/mol. The van der Waals surface area contributed by atoms with Gasteiger partial charge in [0.25, 0.3) is 5.91 Å². The van der Waals surface area contributed by atoms with Gasteiger partial charge in [-0.05, 0) is 30.9 Å². The van der Waals surface area contributed by atoms with Crippen molar-refractivity contribution >= 4 is 39.7 Å². The second-order valence-corrected chi connectivity index (χ2v) is 7.38. The van der Waals surface area contributed by atoms with E-state index in [0.717, 1.165) is 11.1 Å². The van der Waals surface area contributed by atoms with Crippen molar-refractivity contribution in [1.29, 1.82) is 0 Å². The number of hydrogen-bond donors (Lipinski definition) is 1. The second kappa shape index (κ2) is 8.25. The number of amides is 1. The quantitative estimate of drug-likeness (QED) is 0.632. The summed E-state index contributed by atoms with van der Waals surface area (Å²) < 4.78 is 4.91. The molecule has 0 aliphatic carbocycles. The molecule has 7 heteroatoms. The van der Waals surface area contributed by atoms with E-state index in [2.05, 4.69) is 10.3 Å². The molecule has 1 aromatic carbocycles. The van der Waals surface area contributed by atoms with Crippen molar-refractivity contribution in [2.75, 3.05) is 11.9 Å². The molecule has 0 fully saturated rings. The molecule has 0 aliphatic rings. The molecule has 26 heavy (non-hydrogen) atoms. The predicted octanol–water partition coefficient (Wildman–Crippen LogP) is 4.54. The van der Waals surface area contributed by atoms with Crippen LogP contribution in [0.4, 0.5) is 5.13 Å². The number of hydrogen-bond acceptors (Lipinski definition) is 6. The minimum atomic E-state index is -0.324. The molecule has 0 unspecified atom stereocenters. The zero-order valence-corrected chi connectivity index (χ0v) is 16.1. The summed E-state index contributed by atoms with van der Waals surface area (Å²) in [7, 11) is 0. The third kappa shape index (κ3) is 4.36. The maximum absolute atomic E-state index is 12.6. The van der Waals surface area contributed by atoms with Crippen LogP contribution in [0.15, 0.2) is 41.1 Å². The number of nitrogens with one attached hydrogen (secondary N) is 1. The first-order chi connectivity index (χ1) is 12.6. The third-order valence-corrected chi connectivity index (χ3v) is 5.36. The molecule has 0 bridgehead atoms. The van der Waals surface area contributed by atoms with Crippen LogP contribution < -0.4 is 5.32 Å². The Balaban J connectivity index is 1.72. The number of esters is 1. The molecule has 0 atom stereocenters. The first-order valence-corrected chi connectivity index (χ1v) is 9.88. The van der Waals surface area contributed by atoms with Gasteiger partial charge in [-0.1, -0.05) is 29.8 Å². The molecule has 2 heterocycles. The highest BCUT2D eigenvalue weighted by Gasteiger charge is 2.17. The van der Waals surface area contributed by atoms with E-state index >= 15 is 0 Å². The minimum absolute atomic E-state index is 0.105. The Morgan fingerprint density at radius 1 is 1.15 bits per heavy atom. The lowest BCUT2D eigenvalue weighted by molar-refractivity contribution is -0.142. The molecule has 0 saturated carbocycles. The summed E-state index contributed by atoms with van der Waals surface area (Å²) in [5, 5.41) is 6.94. The maximum Gasteiger partial charge on any atom is 0.311 e. The van der Waals surface area contributed by atoms with Crippen LogP contribution in [0, 0.1) is 6.92 Å². The highest BCUT2D eigenvalue weighted by atomic mass is 32.1. The number of aryl methyl sites for hydroxylation is 1. The van der Waals surface area contributed by atoms with Gasteiger partial charge in [-0.15, -0.1) is 22.7 Å². The van der Waals surface area contributed by atoms with Gasteiger partial charge in [0, 0.05) is 10.9 Å². The van der Waals surface area contributed by atoms with Crippen molar-refractivity contribution in [2.45, 2.75) is 20.3 Å². The van der Waals surface area contributed by atoms with Gasteiger partial charge in [-0.2, -0.15) is 0 Å². The zero-order valence-electron chi connectivity index (χ0n) is 14.4. The smallest absolute Gasteiger partial charge is 0.311 e. The SMILES string of the molecule is CCOC(=O)Cc1csc(NC(=O)c2sccc2-c2ccc(C)cc2)n1. The van der Waals surface area contributed by atoms with Gasteiger partial charge in [0.15, 0.2) is 5.13 Å². The molecule has 1 N–H and O–H groups in total. The van der Waals surface area contributed by atoms with Crippen LogP contribution in [0.5, 0.6) is 0 Å². The van der Waals surface area contributed by atoms with Crippen LogP contribution in [0.25, 0.3) is 11.1 Å². The minimum Gasteiger partial charge on any atom is -0.466 e. The van der Waals surface area contributed by atoms with Crippen LogP contribution in [-0.4, -0.2) is 23.5 Å².